The van der Waals surface area contributed by atoms with Crippen LogP contribution in [0.5, 0.6) is 17.2 Å². The Hall–Kier alpha value is -4.21. The van der Waals surface area contributed by atoms with E-state index in [9.17, 15) is 14.4 Å². The molecule has 0 radical (unpaired) electrons. The van der Waals surface area contributed by atoms with Gasteiger partial charge in [0.15, 0.2) is 18.1 Å². The van der Waals surface area contributed by atoms with Gasteiger partial charge in [-0.25, -0.2) is 0 Å². The third-order valence-electron chi connectivity index (χ3n) is 6.00. The average molecular weight is 481 g/mol. The molecule has 1 aliphatic heterocycles. The van der Waals surface area contributed by atoms with Crippen LogP contribution in [0.15, 0.2) is 42.6 Å². The Kier molecular flexibility index (Phi) is 7.09. The molecule has 1 aliphatic rings. The van der Waals surface area contributed by atoms with Gasteiger partial charge >= 0.3 is 0 Å². The van der Waals surface area contributed by atoms with Crippen molar-refractivity contribution in [3.05, 3.63) is 53.7 Å². The zero-order chi connectivity index (χ0) is 24.9. The first-order chi connectivity index (χ1) is 16.9. The number of hydrogen-bond donors (Lipinski definition) is 2. The Morgan fingerprint density at radius 3 is 2.23 bits per heavy atom. The van der Waals surface area contributed by atoms with Crippen LogP contribution >= 0.6 is 0 Å². The van der Waals surface area contributed by atoms with E-state index >= 15 is 0 Å². The summed E-state index contributed by atoms with van der Waals surface area (Å²) < 4.78 is 16.1. The number of benzene rings is 2. The minimum Gasteiger partial charge on any atom is -0.493 e. The molecule has 0 spiro atoms. The average Bonchev–Trinajstić information content (AvgIpc) is 3.29. The maximum Gasteiger partial charge on any atom is 0.255 e. The Bertz CT molecular complexity index is 1220. The Balaban J connectivity index is 1.41. The monoisotopic (exact) mass is 480 g/mol. The SMILES string of the molecule is COc1cc(C(=O)N2CCN(C(=O)Cc3c[nH]c4ccccc34)CC2)cc(OC)c1OCC(N)=O. The van der Waals surface area contributed by atoms with Gasteiger partial charge in [-0.2, -0.15) is 0 Å². The van der Waals surface area contributed by atoms with E-state index in [0.717, 1.165) is 16.5 Å². The summed E-state index contributed by atoms with van der Waals surface area (Å²) in [5.74, 6) is -0.139. The fourth-order valence-electron chi connectivity index (χ4n) is 4.18. The maximum absolute atomic E-state index is 13.2. The van der Waals surface area contributed by atoms with E-state index in [2.05, 4.69) is 4.98 Å². The number of para-hydroxylation sites is 1. The lowest BCUT2D eigenvalue weighted by Gasteiger charge is -2.35. The summed E-state index contributed by atoms with van der Waals surface area (Å²) >= 11 is 0. The molecule has 0 aliphatic carbocycles. The molecular formula is C25H28N4O6. The first-order valence-electron chi connectivity index (χ1n) is 11.2. The van der Waals surface area contributed by atoms with Gasteiger partial charge < -0.3 is 34.7 Å². The summed E-state index contributed by atoms with van der Waals surface area (Å²) in [5, 5.41) is 1.04. The van der Waals surface area contributed by atoms with Crippen LogP contribution in [0.25, 0.3) is 10.9 Å². The molecule has 3 aromatic rings. The van der Waals surface area contributed by atoms with E-state index in [0.29, 0.717) is 38.2 Å². The molecule has 0 unspecified atom stereocenters. The topological polar surface area (TPSA) is 127 Å². The van der Waals surface area contributed by atoms with Crippen LogP contribution in [0, 0.1) is 0 Å². The fraction of sp³-hybridized carbons (Fsp3) is 0.320. The summed E-state index contributed by atoms with van der Waals surface area (Å²) in [7, 11) is 2.86. The van der Waals surface area contributed by atoms with Crippen molar-refractivity contribution in [1.82, 2.24) is 14.8 Å². The predicted octanol–water partition coefficient (Wildman–Crippen LogP) is 1.58. The summed E-state index contributed by atoms with van der Waals surface area (Å²) in [6.07, 6.45) is 2.18. The van der Waals surface area contributed by atoms with E-state index in [4.69, 9.17) is 19.9 Å². The minimum absolute atomic E-state index is 0.0288. The van der Waals surface area contributed by atoms with Gasteiger partial charge in [0, 0.05) is 48.8 Å². The number of carbonyl (C=O) groups is 3. The largest absolute Gasteiger partial charge is 0.493 e. The number of piperazine rings is 1. The normalized spacial score (nSPS) is 13.5. The van der Waals surface area contributed by atoms with Gasteiger partial charge in [-0.15, -0.1) is 0 Å². The van der Waals surface area contributed by atoms with Crippen molar-refractivity contribution in [1.29, 1.82) is 0 Å². The highest BCUT2D eigenvalue weighted by Crippen LogP contribution is 2.39. The van der Waals surface area contributed by atoms with Crippen LogP contribution < -0.4 is 19.9 Å². The maximum atomic E-state index is 13.2. The number of nitrogens with zero attached hydrogens (tertiary/aromatic N) is 2. The molecule has 3 N–H and O–H groups in total. The number of fused-ring (bicyclic) bond motifs is 1. The highest BCUT2D eigenvalue weighted by atomic mass is 16.5. The quantitative estimate of drug-likeness (QED) is 0.504. The smallest absolute Gasteiger partial charge is 0.255 e. The summed E-state index contributed by atoms with van der Waals surface area (Å²) in [4.78, 5) is 43.9. The van der Waals surface area contributed by atoms with Crippen molar-refractivity contribution in [2.75, 3.05) is 47.0 Å². The van der Waals surface area contributed by atoms with Crippen molar-refractivity contribution in [2.24, 2.45) is 5.73 Å². The predicted molar refractivity (Wildman–Crippen MR) is 129 cm³/mol. The number of H-pyrrole nitrogens is 1. The van der Waals surface area contributed by atoms with Crippen LogP contribution in [0.4, 0.5) is 0 Å². The molecule has 1 fully saturated rings. The van der Waals surface area contributed by atoms with Gasteiger partial charge in [0.05, 0.1) is 20.6 Å². The van der Waals surface area contributed by atoms with Crippen molar-refractivity contribution >= 4 is 28.6 Å². The second kappa shape index (κ2) is 10.4. The fourth-order valence-corrected chi connectivity index (χ4v) is 4.18. The van der Waals surface area contributed by atoms with Crippen molar-refractivity contribution in [3.8, 4) is 17.2 Å². The number of nitrogens with two attached hydrogens (primary N) is 1. The second-order valence-electron chi connectivity index (χ2n) is 8.17. The van der Waals surface area contributed by atoms with E-state index < -0.39 is 5.91 Å². The van der Waals surface area contributed by atoms with Crippen LogP contribution in [0.1, 0.15) is 15.9 Å². The molecule has 184 valence electrons. The lowest BCUT2D eigenvalue weighted by atomic mass is 10.1. The van der Waals surface area contributed by atoms with Crippen LogP contribution in [0.2, 0.25) is 0 Å². The van der Waals surface area contributed by atoms with E-state index in [1.165, 1.54) is 26.4 Å². The summed E-state index contributed by atoms with van der Waals surface area (Å²) in [6, 6.07) is 11.0. The number of hydrogen-bond acceptors (Lipinski definition) is 6. The number of primary amides is 1. The number of aromatic amines is 1. The number of methoxy groups -OCH3 is 2. The van der Waals surface area contributed by atoms with E-state index in [-0.39, 0.29) is 35.7 Å². The molecule has 2 heterocycles. The highest BCUT2D eigenvalue weighted by molar-refractivity contribution is 5.96. The molecule has 0 saturated carbocycles. The van der Waals surface area contributed by atoms with Gasteiger partial charge in [-0.1, -0.05) is 18.2 Å². The zero-order valence-corrected chi connectivity index (χ0v) is 19.7. The van der Waals surface area contributed by atoms with Crippen molar-refractivity contribution in [3.63, 3.8) is 0 Å². The third-order valence-corrected chi connectivity index (χ3v) is 6.00. The lowest BCUT2D eigenvalue weighted by Crippen LogP contribution is -2.51. The molecule has 1 aromatic heterocycles. The van der Waals surface area contributed by atoms with Gasteiger partial charge in [-0.05, 0) is 23.8 Å². The molecule has 3 amide bonds. The second-order valence-corrected chi connectivity index (χ2v) is 8.17. The summed E-state index contributed by atoms with van der Waals surface area (Å²) in [5.41, 5.74) is 7.47. The first kappa shape index (κ1) is 23.9. The molecule has 0 atom stereocenters. The molecule has 10 nitrogen and oxygen atoms in total. The number of rotatable bonds is 8. The number of aromatic nitrogens is 1. The molecule has 4 rings (SSSR count). The van der Waals surface area contributed by atoms with Crippen LogP contribution in [-0.2, 0) is 16.0 Å². The van der Waals surface area contributed by atoms with Crippen LogP contribution in [0.3, 0.4) is 0 Å². The molecule has 2 aromatic carbocycles. The molecular weight excluding hydrogens is 452 g/mol. The zero-order valence-electron chi connectivity index (χ0n) is 19.7. The molecule has 0 bridgehead atoms. The molecule has 1 saturated heterocycles. The van der Waals surface area contributed by atoms with Crippen LogP contribution in [-0.4, -0.2) is 79.5 Å². The number of ether oxygens (including phenoxy) is 3. The van der Waals surface area contributed by atoms with Gasteiger partial charge in [0.25, 0.3) is 11.8 Å². The standard InChI is InChI=1S/C25H28N4O6/c1-33-20-11-16(12-21(34-2)24(20)35-15-22(26)30)25(32)29-9-7-28(8-10-29)23(31)13-17-14-27-19-6-4-3-5-18(17)19/h3-6,11-12,14,27H,7-10,13,15H2,1-2H3,(H2,26,30). The van der Waals surface area contributed by atoms with Gasteiger partial charge in [0.1, 0.15) is 0 Å². The van der Waals surface area contributed by atoms with Gasteiger partial charge in [-0.3, -0.25) is 14.4 Å². The Labute approximate surface area is 202 Å². The lowest BCUT2D eigenvalue weighted by molar-refractivity contribution is -0.131. The third kappa shape index (κ3) is 5.16. The molecule has 35 heavy (non-hydrogen) atoms. The van der Waals surface area contributed by atoms with Crippen molar-refractivity contribution < 1.29 is 28.6 Å². The number of amides is 3. The number of carbonyl (C=O) groups excluding carboxylic acids is 3. The number of nitrogens with one attached hydrogen (secondary N) is 1. The highest BCUT2D eigenvalue weighted by Gasteiger charge is 2.27. The Morgan fingerprint density at radius 2 is 1.60 bits per heavy atom. The van der Waals surface area contributed by atoms with E-state index in [1.807, 2.05) is 30.5 Å². The van der Waals surface area contributed by atoms with E-state index in [1.54, 1.807) is 9.80 Å². The van der Waals surface area contributed by atoms with Gasteiger partial charge in [0.2, 0.25) is 11.7 Å². The minimum atomic E-state index is -0.647. The first-order valence-corrected chi connectivity index (χ1v) is 11.2. The Morgan fingerprint density at radius 1 is 0.971 bits per heavy atom. The summed E-state index contributed by atoms with van der Waals surface area (Å²) in [6.45, 7) is 1.35. The molecule has 10 heteroatoms. The van der Waals surface area contributed by atoms with Crippen molar-refractivity contribution in [2.45, 2.75) is 6.42 Å².